The number of hydrogen-bond donors (Lipinski definition) is 1. The molecule has 0 aromatic heterocycles. The van der Waals surface area contributed by atoms with Crippen LogP contribution in [0, 0.1) is 11.8 Å². The average Bonchev–Trinajstić information content (AvgIpc) is 2.57. The number of hydrogen-bond acceptors (Lipinski definition) is 3. The van der Waals surface area contributed by atoms with Crippen molar-refractivity contribution in [2.45, 2.75) is 25.1 Å². The Morgan fingerprint density at radius 3 is 3.24 bits per heavy atom. The lowest BCUT2D eigenvalue weighted by Gasteiger charge is -2.23. The lowest BCUT2D eigenvalue weighted by atomic mass is 9.82. The SMILES string of the molecule is FC1C=CC2C(C3C=CCNCC3)=NOC2C1. The molecule has 0 radical (unpaired) electrons. The van der Waals surface area contributed by atoms with Crippen LogP contribution in [0.3, 0.4) is 0 Å². The van der Waals surface area contributed by atoms with E-state index in [2.05, 4.69) is 22.6 Å². The number of oxime groups is 1. The lowest BCUT2D eigenvalue weighted by Crippen LogP contribution is -2.31. The van der Waals surface area contributed by atoms with Crippen LogP contribution >= 0.6 is 0 Å². The molecule has 1 N–H and O–H groups in total. The van der Waals surface area contributed by atoms with Crippen LogP contribution < -0.4 is 5.32 Å². The minimum atomic E-state index is -0.878. The zero-order chi connectivity index (χ0) is 11.7. The number of halogens is 1. The molecule has 0 aromatic rings. The van der Waals surface area contributed by atoms with Crippen LogP contribution in [0.5, 0.6) is 0 Å². The quantitative estimate of drug-likeness (QED) is 0.705. The monoisotopic (exact) mass is 236 g/mol. The Labute approximate surface area is 100 Å². The summed E-state index contributed by atoms with van der Waals surface area (Å²) in [5.41, 5.74) is 1.07. The third-order valence-electron chi connectivity index (χ3n) is 3.66. The van der Waals surface area contributed by atoms with Crippen molar-refractivity contribution in [3.8, 4) is 0 Å². The van der Waals surface area contributed by atoms with Crippen LogP contribution in [0.25, 0.3) is 0 Å². The summed E-state index contributed by atoms with van der Waals surface area (Å²) in [6.45, 7) is 1.91. The molecule has 0 aromatic carbocycles. The van der Waals surface area contributed by atoms with E-state index in [0.717, 1.165) is 25.2 Å². The van der Waals surface area contributed by atoms with Crippen molar-refractivity contribution in [3.63, 3.8) is 0 Å². The van der Waals surface area contributed by atoms with Crippen molar-refractivity contribution in [2.75, 3.05) is 13.1 Å². The van der Waals surface area contributed by atoms with Gasteiger partial charge in [0.25, 0.3) is 0 Å². The lowest BCUT2D eigenvalue weighted by molar-refractivity contribution is 0.0468. The minimum Gasteiger partial charge on any atom is -0.391 e. The number of rotatable bonds is 1. The number of nitrogens with one attached hydrogen (secondary N) is 1. The van der Waals surface area contributed by atoms with Gasteiger partial charge in [0, 0.05) is 18.9 Å². The molecule has 2 heterocycles. The molecule has 4 heteroatoms. The van der Waals surface area contributed by atoms with E-state index in [0.29, 0.717) is 12.3 Å². The first-order valence-electron chi connectivity index (χ1n) is 6.28. The molecule has 3 nitrogen and oxygen atoms in total. The van der Waals surface area contributed by atoms with Gasteiger partial charge < -0.3 is 10.2 Å². The maximum atomic E-state index is 13.2. The molecule has 0 fully saturated rings. The molecule has 4 unspecified atom stereocenters. The van der Waals surface area contributed by atoms with Gasteiger partial charge in [-0.3, -0.25) is 0 Å². The van der Waals surface area contributed by atoms with E-state index >= 15 is 0 Å². The van der Waals surface area contributed by atoms with Gasteiger partial charge in [0.2, 0.25) is 0 Å². The molecule has 2 aliphatic heterocycles. The predicted molar refractivity (Wildman–Crippen MR) is 64.6 cm³/mol. The third-order valence-corrected chi connectivity index (χ3v) is 3.66. The molecule has 0 bridgehead atoms. The van der Waals surface area contributed by atoms with Gasteiger partial charge in [-0.15, -0.1) is 0 Å². The third kappa shape index (κ3) is 2.14. The Kier molecular flexibility index (Phi) is 2.97. The van der Waals surface area contributed by atoms with Crippen molar-refractivity contribution >= 4 is 5.71 Å². The molecule has 0 saturated heterocycles. The van der Waals surface area contributed by atoms with E-state index in [1.165, 1.54) is 0 Å². The summed E-state index contributed by atoms with van der Waals surface area (Å²) in [4.78, 5) is 5.38. The van der Waals surface area contributed by atoms with E-state index in [1.807, 2.05) is 6.08 Å². The molecular formula is C13H17FN2O. The zero-order valence-corrected chi connectivity index (χ0v) is 9.68. The molecule has 3 rings (SSSR count). The van der Waals surface area contributed by atoms with Gasteiger partial charge in [-0.2, -0.15) is 0 Å². The molecule has 0 amide bonds. The van der Waals surface area contributed by atoms with Crippen molar-refractivity contribution in [1.82, 2.24) is 5.32 Å². The second-order valence-corrected chi connectivity index (χ2v) is 4.85. The fraction of sp³-hybridized carbons (Fsp3) is 0.615. The van der Waals surface area contributed by atoms with E-state index in [4.69, 9.17) is 4.84 Å². The molecule has 17 heavy (non-hydrogen) atoms. The van der Waals surface area contributed by atoms with Crippen LogP contribution in [0.4, 0.5) is 4.39 Å². The Morgan fingerprint density at radius 2 is 2.29 bits per heavy atom. The average molecular weight is 236 g/mol. The highest BCUT2D eigenvalue weighted by Crippen LogP contribution is 2.33. The molecule has 4 atom stereocenters. The normalized spacial score (nSPS) is 40.4. The fourth-order valence-electron chi connectivity index (χ4n) is 2.73. The number of alkyl halides is 1. The first kappa shape index (κ1) is 11.0. The minimum absolute atomic E-state index is 0.0883. The van der Waals surface area contributed by atoms with Crippen LogP contribution in [0.2, 0.25) is 0 Å². The number of fused-ring (bicyclic) bond motifs is 1. The molecule has 0 spiro atoms. The molecule has 0 saturated carbocycles. The summed E-state index contributed by atoms with van der Waals surface area (Å²) in [6, 6.07) is 0. The summed E-state index contributed by atoms with van der Waals surface area (Å²) in [5, 5.41) is 7.52. The highest BCUT2D eigenvalue weighted by molar-refractivity contribution is 5.93. The Bertz CT molecular complexity index is 378. The van der Waals surface area contributed by atoms with Gasteiger partial charge >= 0.3 is 0 Å². The highest BCUT2D eigenvalue weighted by Gasteiger charge is 2.39. The van der Waals surface area contributed by atoms with Gasteiger partial charge in [-0.05, 0) is 13.0 Å². The van der Waals surface area contributed by atoms with E-state index in [-0.39, 0.29) is 12.0 Å². The molecular weight excluding hydrogens is 219 g/mol. The molecule has 3 aliphatic rings. The van der Waals surface area contributed by atoms with Crippen LogP contribution in [-0.2, 0) is 4.84 Å². The van der Waals surface area contributed by atoms with Crippen molar-refractivity contribution in [2.24, 2.45) is 17.0 Å². The van der Waals surface area contributed by atoms with Crippen molar-refractivity contribution in [3.05, 3.63) is 24.3 Å². The largest absolute Gasteiger partial charge is 0.391 e. The highest BCUT2D eigenvalue weighted by atomic mass is 19.1. The van der Waals surface area contributed by atoms with Gasteiger partial charge in [0.05, 0.1) is 11.6 Å². The van der Waals surface area contributed by atoms with Gasteiger partial charge in [-0.25, -0.2) is 4.39 Å². The number of allylic oxidation sites excluding steroid dienone is 2. The first-order valence-corrected chi connectivity index (χ1v) is 6.28. The topological polar surface area (TPSA) is 33.6 Å². The fourth-order valence-corrected chi connectivity index (χ4v) is 2.73. The Morgan fingerprint density at radius 1 is 1.35 bits per heavy atom. The van der Waals surface area contributed by atoms with Crippen LogP contribution in [-0.4, -0.2) is 31.1 Å². The zero-order valence-electron chi connectivity index (χ0n) is 9.68. The van der Waals surface area contributed by atoms with Crippen LogP contribution in [0.15, 0.2) is 29.5 Å². The second-order valence-electron chi connectivity index (χ2n) is 4.85. The van der Waals surface area contributed by atoms with Crippen LogP contribution in [0.1, 0.15) is 12.8 Å². The standard InChI is InChI=1S/C13H17FN2O/c14-10-3-4-11-12(8-10)17-16-13(11)9-2-1-6-15-7-5-9/h1-4,9-12,15H,5-8H2. The van der Waals surface area contributed by atoms with E-state index in [9.17, 15) is 4.39 Å². The Balaban J connectivity index is 1.77. The van der Waals surface area contributed by atoms with Gasteiger partial charge in [-0.1, -0.05) is 29.5 Å². The second kappa shape index (κ2) is 4.61. The summed E-state index contributed by atoms with van der Waals surface area (Å²) in [7, 11) is 0. The predicted octanol–water partition coefficient (Wildman–Crippen LogP) is 1.82. The number of nitrogens with zero attached hydrogens (tertiary/aromatic N) is 1. The van der Waals surface area contributed by atoms with Crippen molar-refractivity contribution in [1.29, 1.82) is 0 Å². The maximum Gasteiger partial charge on any atom is 0.142 e. The van der Waals surface area contributed by atoms with Gasteiger partial charge in [0.15, 0.2) is 0 Å². The van der Waals surface area contributed by atoms with Gasteiger partial charge in [0.1, 0.15) is 12.3 Å². The van der Waals surface area contributed by atoms with Crippen molar-refractivity contribution < 1.29 is 9.23 Å². The van der Waals surface area contributed by atoms with E-state index in [1.54, 1.807) is 6.08 Å². The summed E-state index contributed by atoms with van der Waals surface area (Å²) in [5.74, 6) is 0.510. The first-order chi connectivity index (χ1) is 8.34. The molecule has 92 valence electrons. The summed E-state index contributed by atoms with van der Waals surface area (Å²) < 4.78 is 13.2. The smallest absolute Gasteiger partial charge is 0.142 e. The maximum absolute atomic E-state index is 13.2. The molecule has 1 aliphatic carbocycles. The van der Waals surface area contributed by atoms with E-state index < -0.39 is 6.17 Å². The summed E-state index contributed by atoms with van der Waals surface area (Å²) in [6.07, 6.45) is 8.41. The Hall–Kier alpha value is -1.16. The summed E-state index contributed by atoms with van der Waals surface area (Å²) >= 11 is 0.